The zero-order valence-electron chi connectivity index (χ0n) is 19.7. The predicted molar refractivity (Wildman–Crippen MR) is 134 cm³/mol. The van der Waals surface area contributed by atoms with E-state index in [2.05, 4.69) is 29.6 Å². The van der Waals surface area contributed by atoms with Gasteiger partial charge in [-0.1, -0.05) is 48.5 Å². The number of hydrogen-bond acceptors (Lipinski definition) is 5. The third-order valence-electron chi connectivity index (χ3n) is 7.69. The Morgan fingerprint density at radius 3 is 2.29 bits per heavy atom. The molecule has 0 radical (unpaired) electrons. The zero-order chi connectivity index (χ0) is 24.6. The molecule has 7 nitrogen and oxygen atoms in total. The number of rotatable bonds is 8. The number of benzene rings is 2. The Morgan fingerprint density at radius 1 is 1.11 bits per heavy atom. The molecule has 184 valence electrons. The number of carboxylic acid groups (broad SMARTS) is 1. The fraction of sp³-hybridized carbons (Fsp3) is 0.444. The number of carbonyl (C=O) groups is 3. The fourth-order valence-electron chi connectivity index (χ4n) is 5.64. The second-order valence-corrected chi connectivity index (χ2v) is 10.8. The second-order valence-electron chi connectivity index (χ2n) is 9.78. The number of alkyl carbamates (subject to hydrolysis) is 1. The zero-order valence-corrected chi connectivity index (χ0v) is 20.6. The quantitative estimate of drug-likeness (QED) is 0.577. The summed E-state index contributed by atoms with van der Waals surface area (Å²) in [6.45, 7) is 0.832. The molecular weight excluding hydrogens is 464 g/mol. The van der Waals surface area contributed by atoms with E-state index in [-0.39, 0.29) is 30.4 Å². The molecule has 1 heterocycles. The summed E-state index contributed by atoms with van der Waals surface area (Å²) in [5, 5.41) is 12.4. The minimum Gasteiger partial charge on any atom is -0.481 e. The third kappa shape index (κ3) is 4.51. The van der Waals surface area contributed by atoms with Gasteiger partial charge in [0.2, 0.25) is 5.91 Å². The highest BCUT2D eigenvalue weighted by Gasteiger charge is 2.59. The molecule has 2 fully saturated rings. The van der Waals surface area contributed by atoms with Crippen molar-refractivity contribution in [1.82, 2.24) is 10.2 Å². The van der Waals surface area contributed by atoms with Gasteiger partial charge >= 0.3 is 12.1 Å². The van der Waals surface area contributed by atoms with Crippen molar-refractivity contribution in [3.63, 3.8) is 0 Å². The Labute approximate surface area is 209 Å². The average Bonchev–Trinajstić information content (AvgIpc) is 3.41. The van der Waals surface area contributed by atoms with E-state index in [0.29, 0.717) is 18.7 Å². The van der Waals surface area contributed by atoms with Crippen LogP contribution in [0.5, 0.6) is 0 Å². The molecule has 3 aliphatic rings. The van der Waals surface area contributed by atoms with Crippen LogP contribution in [0.2, 0.25) is 0 Å². The van der Waals surface area contributed by atoms with Crippen LogP contribution in [0, 0.1) is 11.3 Å². The summed E-state index contributed by atoms with van der Waals surface area (Å²) in [5.41, 5.74) is 4.28. The highest BCUT2D eigenvalue weighted by Crippen LogP contribution is 2.56. The van der Waals surface area contributed by atoms with Gasteiger partial charge in [0, 0.05) is 24.4 Å². The number of amides is 2. The summed E-state index contributed by atoms with van der Waals surface area (Å²) in [7, 11) is 0. The first-order valence-corrected chi connectivity index (χ1v) is 13.4. The largest absolute Gasteiger partial charge is 0.481 e. The Balaban J connectivity index is 1.24. The highest BCUT2D eigenvalue weighted by atomic mass is 32.2. The van der Waals surface area contributed by atoms with Gasteiger partial charge in [0.1, 0.15) is 12.6 Å². The van der Waals surface area contributed by atoms with E-state index in [9.17, 15) is 19.5 Å². The third-order valence-corrected chi connectivity index (χ3v) is 8.34. The molecular formula is C27H30N2O5S. The molecule has 0 bridgehead atoms. The number of nitrogens with one attached hydrogen (secondary N) is 1. The molecule has 2 aliphatic carbocycles. The SMILES string of the molecule is CSCCC(NC(=O)OCC1c2ccccc2-c2ccccc21)C(=O)N1CC(C(=O)O)C2(CC2)C1. The minimum absolute atomic E-state index is 0.0573. The van der Waals surface area contributed by atoms with Crippen LogP contribution >= 0.6 is 11.8 Å². The van der Waals surface area contributed by atoms with Crippen LogP contribution < -0.4 is 5.32 Å². The number of fused-ring (bicyclic) bond motifs is 3. The van der Waals surface area contributed by atoms with E-state index in [4.69, 9.17) is 4.74 Å². The number of carboxylic acids is 1. The van der Waals surface area contributed by atoms with Gasteiger partial charge in [-0.3, -0.25) is 9.59 Å². The summed E-state index contributed by atoms with van der Waals surface area (Å²) in [4.78, 5) is 39.5. The summed E-state index contributed by atoms with van der Waals surface area (Å²) >= 11 is 1.60. The number of nitrogens with zero attached hydrogens (tertiary/aromatic N) is 1. The molecule has 2 N–H and O–H groups in total. The van der Waals surface area contributed by atoms with E-state index in [0.717, 1.165) is 35.1 Å². The lowest BCUT2D eigenvalue weighted by atomic mass is 9.93. The van der Waals surface area contributed by atoms with Gasteiger partial charge in [0.05, 0.1) is 5.92 Å². The molecule has 8 heteroatoms. The van der Waals surface area contributed by atoms with Crippen LogP contribution in [0.25, 0.3) is 11.1 Å². The molecule has 1 aliphatic heterocycles. The molecule has 5 rings (SSSR count). The van der Waals surface area contributed by atoms with Gasteiger partial charge in [-0.15, -0.1) is 0 Å². The molecule has 2 amide bonds. The van der Waals surface area contributed by atoms with E-state index in [1.807, 2.05) is 30.5 Å². The maximum atomic E-state index is 13.3. The van der Waals surface area contributed by atoms with Gasteiger partial charge in [-0.2, -0.15) is 11.8 Å². The lowest BCUT2D eigenvalue weighted by Crippen LogP contribution is -2.48. The van der Waals surface area contributed by atoms with Crippen LogP contribution in [0.15, 0.2) is 48.5 Å². The maximum absolute atomic E-state index is 13.3. The Morgan fingerprint density at radius 2 is 1.74 bits per heavy atom. The first-order valence-electron chi connectivity index (χ1n) is 12.1. The van der Waals surface area contributed by atoms with Crippen molar-refractivity contribution in [3.8, 4) is 11.1 Å². The maximum Gasteiger partial charge on any atom is 0.407 e. The Bertz CT molecular complexity index is 1100. The van der Waals surface area contributed by atoms with Crippen LogP contribution in [-0.4, -0.2) is 65.7 Å². The summed E-state index contributed by atoms with van der Waals surface area (Å²) in [6.07, 6.45) is 3.46. The molecule has 1 saturated carbocycles. The van der Waals surface area contributed by atoms with E-state index in [1.54, 1.807) is 16.7 Å². The molecule has 2 aromatic carbocycles. The van der Waals surface area contributed by atoms with Crippen molar-refractivity contribution in [2.45, 2.75) is 31.2 Å². The van der Waals surface area contributed by atoms with Crippen molar-refractivity contribution in [1.29, 1.82) is 0 Å². The molecule has 1 saturated heterocycles. The van der Waals surface area contributed by atoms with E-state index in [1.165, 1.54) is 0 Å². The lowest BCUT2D eigenvalue weighted by molar-refractivity contribution is -0.143. The number of hydrogen-bond donors (Lipinski definition) is 2. The monoisotopic (exact) mass is 494 g/mol. The summed E-state index contributed by atoms with van der Waals surface area (Å²) < 4.78 is 5.65. The van der Waals surface area contributed by atoms with Crippen LogP contribution in [-0.2, 0) is 14.3 Å². The van der Waals surface area contributed by atoms with Gasteiger partial charge in [0.25, 0.3) is 0 Å². The number of likely N-dealkylation sites (tertiary alicyclic amines) is 1. The lowest BCUT2D eigenvalue weighted by Gasteiger charge is -2.24. The number of ether oxygens (including phenoxy) is 1. The Hall–Kier alpha value is -3.00. The van der Waals surface area contributed by atoms with Crippen LogP contribution in [0.4, 0.5) is 4.79 Å². The van der Waals surface area contributed by atoms with Gasteiger partial charge in [-0.25, -0.2) is 4.79 Å². The summed E-state index contributed by atoms with van der Waals surface area (Å²) in [5.74, 6) is -0.952. The molecule has 2 unspecified atom stereocenters. The molecule has 2 atom stereocenters. The minimum atomic E-state index is -0.844. The normalized spacial score (nSPS) is 20.3. The molecule has 1 spiro atoms. The van der Waals surface area contributed by atoms with Crippen molar-refractivity contribution >= 4 is 29.7 Å². The highest BCUT2D eigenvalue weighted by molar-refractivity contribution is 7.98. The van der Waals surface area contributed by atoms with Crippen molar-refractivity contribution in [3.05, 3.63) is 59.7 Å². The Kier molecular flexibility index (Phi) is 6.49. The van der Waals surface area contributed by atoms with E-state index >= 15 is 0 Å². The number of thioether (sulfide) groups is 1. The fourth-order valence-corrected chi connectivity index (χ4v) is 6.11. The van der Waals surface area contributed by atoms with Gasteiger partial charge in [-0.05, 0) is 53.5 Å². The standard InChI is InChI=1S/C27H30N2O5S/c1-35-13-10-23(24(30)29-14-22(25(31)32)27(16-29)11-12-27)28-26(33)34-15-21-19-8-4-2-6-17(19)18-7-3-5-9-20(18)21/h2-9,21-23H,10-16H2,1H3,(H,28,33)(H,31,32). The number of carbonyl (C=O) groups excluding carboxylic acids is 2. The summed E-state index contributed by atoms with van der Waals surface area (Å²) in [6, 6.07) is 15.5. The topological polar surface area (TPSA) is 95.9 Å². The second kappa shape index (κ2) is 9.57. The molecule has 2 aromatic rings. The molecule has 35 heavy (non-hydrogen) atoms. The van der Waals surface area contributed by atoms with Gasteiger partial charge < -0.3 is 20.1 Å². The van der Waals surface area contributed by atoms with Gasteiger partial charge in [0.15, 0.2) is 0 Å². The van der Waals surface area contributed by atoms with Crippen LogP contribution in [0.3, 0.4) is 0 Å². The van der Waals surface area contributed by atoms with Crippen molar-refractivity contribution < 1.29 is 24.2 Å². The first-order chi connectivity index (χ1) is 16.9. The molecule has 0 aromatic heterocycles. The average molecular weight is 495 g/mol. The van der Waals surface area contributed by atoms with Crippen molar-refractivity contribution in [2.75, 3.05) is 31.7 Å². The van der Waals surface area contributed by atoms with Crippen molar-refractivity contribution in [2.24, 2.45) is 11.3 Å². The number of aliphatic carboxylic acids is 1. The first kappa shape index (κ1) is 23.7. The van der Waals surface area contributed by atoms with E-state index < -0.39 is 24.0 Å². The smallest absolute Gasteiger partial charge is 0.407 e. The van der Waals surface area contributed by atoms with Crippen LogP contribution in [0.1, 0.15) is 36.3 Å². The predicted octanol–water partition coefficient (Wildman–Crippen LogP) is 3.97.